The van der Waals surface area contributed by atoms with E-state index in [1.54, 1.807) is 6.20 Å². The normalized spacial score (nSPS) is 19.3. The predicted molar refractivity (Wildman–Crippen MR) is 120 cm³/mol. The van der Waals surface area contributed by atoms with Crippen LogP contribution >= 0.6 is 0 Å². The SMILES string of the molecule is Cn1ccc2c(Nc3nc(N[C@@H]4CCCC[C@@H]4N)cc4cn[nH]c(=O)c34)cccc21. The Hall–Kier alpha value is -3.39. The van der Waals surface area contributed by atoms with Crippen molar-refractivity contribution in [3.8, 4) is 0 Å². The smallest absolute Gasteiger partial charge is 0.275 e. The molecule has 1 fully saturated rings. The summed E-state index contributed by atoms with van der Waals surface area (Å²) >= 11 is 0. The third kappa shape index (κ3) is 3.29. The minimum absolute atomic E-state index is 0.100. The summed E-state index contributed by atoms with van der Waals surface area (Å²) in [6.07, 6.45) is 8.01. The van der Waals surface area contributed by atoms with Gasteiger partial charge in [0.2, 0.25) is 0 Å². The van der Waals surface area contributed by atoms with Gasteiger partial charge < -0.3 is 20.9 Å². The number of nitrogens with one attached hydrogen (secondary N) is 3. The van der Waals surface area contributed by atoms with Crippen LogP contribution in [0, 0.1) is 0 Å². The second kappa shape index (κ2) is 7.46. The molecule has 154 valence electrons. The summed E-state index contributed by atoms with van der Waals surface area (Å²) in [6.45, 7) is 0. The van der Waals surface area contributed by atoms with Gasteiger partial charge in [0.1, 0.15) is 11.6 Å². The van der Waals surface area contributed by atoms with Gasteiger partial charge in [0.15, 0.2) is 0 Å². The van der Waals surface area contributed by atoms with Crippen molar-refractivity contribution in [3.63, 3.8) is 0 Å². The van der Waals surface area contributed by atoms with Crippen LogP contribution in [-0.4, -0.2) is 31.8 Å². The number of aromatic amines is 1. The Morgan fingerprint density at radius 1 is 1.23 bits per heavy atom. The first kappa shape index (κ1) is 18.6. The number of nitrogens with two attached hydrogens (primary N) is 1. The number of rotatable bonds is 4. The minimum Gasteiger partial charge on any atom is -0.366 e. The lowest BCUT2D eigenvalue weighted by atomic mass is 9.91. The Balaban J connectivity index is 1.59. The molecule has 0 spiro atoms. The van der Waals surface area contributed by atoms with Crippen molar-refractivity contribution in [2.24, 2.45) is 12.8 Å². The molecule has 30 heavy (non-hydrogen) atoms. The summed E-state index contributed by atoms with van der Waals surface area (Å²) in [5, 5.41) is 15.6. The van der Waals surface area contributed by atoms with Gasteiger partial charge in [-0.2, -0.15) is 5.10 Å². The number of nitrogens with zero attached hydrogens (tertiary/aromatic N) is 3. The fourth-order valence-corrected chi connectivity index (χ4v) is 4.35. The van der Waals surface area contributed by atoms with Crippen molar-refractivity contribution >= 4 is 39.0 Å². The standard InChI is InChI=1S/C22H25N7O/c1-29-10-9-14-16(7-4-8-18(14)29)26-21-20-13(12-24-28-22(20)30)11-19(27-21)25-17-6-3-2-5-15(17)23/h4,7-12,15,17H,2-3,5-6,23H2,1H3,(H,28,30)(H2,25,26,27)/t15-,17+/m0/s1. The monoisotopic (exact) mass is 403 g/mol. The topological polar surface area (TPSA) is 114 Å². The van der Waals surface area contributed by atoms with E-state index in [-0.39, 0.29) is 17.6 Å². The molecular weight excluding hydrogens is 378 g/mol. The van der Waals surface area contributed by atoms with Gasteiger partial charge in [0.05, 0.1) is 11.6 Å². The second-order valence-electron chi connectivity index (χ2n) is 8.01. The molecule has 3 heterocycles. The molecule has 0 amide bonds. The van der Waals surface area contributed by atoms with Crippen molar-refractivity contribution < 1.29 is 0 Å². The zero-order valence-corrected chi connectivity index (χ0v) is 16.9. The number of aromatic nitrogens is 4. The van der Waals surface area contributed by atoms with E-state index in [0.29, 0.717) is 17.0 Å². The number of pyridine rings is 1. The molecule has 8 heteroatoms. The number of benzene rings is 1. The molecule has 0 radical (unpaired) electrons. The van der Waals surface area contributed by atoms with Crippen LogP contribution in [0.5, 0.6) is 0 Å². The highest BCUT2D eigenvalue weighted by Gasteiger charge is 2.22. The number of hydrogen-bond donors (Lipinski definition) is 4. The number of aryl methyl sites for hydroxylation is 1. The summed E-state index contributed by atoms with van der Waals surface area (Å²) in [5.74, 6) is 1.19. The van der Waals surface area contributed by atoms with E-state index < -0.39 is 0 Å². The van der Waals surface area contributed by atoms with Crippen LogP contribution in [0.1, 0.15) is 25.7 Å². The fourth-order valence-electron chi connectivity index (χ4n) is 4.35. The van der Waals surface area contributed by atoms with Crippen LogP contribution in [0.3, 0.4) is 0 Å². The van der Waals surface area contributed by atoms with E-state index in [4.69, 9.17) is 10.7 Å². The van der Waals surface area contributed by atoms with Crippen LogP contribution in [0.4, 0.5) is 17.3 Å². The van der Waals surface area contributed by atoms with Crippen LogP contribution < -0.4 is 21.9 Å². The molecule has 5 N–H and O–H groups in total. The summed E-state index contributed by atoms with van der Waals surface area (Å²) in [6, 6.07) is 10.2. The molecule has 8 nitrogen and oxygen atoms in total. The Morgan fingerprint density at radius 2 is 2.10 bits per heavy atom. The molecule has 1 saturated carbocycles. The average Bonchev–Trinajstić information content (AvgIpc) is 3.12. The van der Waals surface area contributed by atoms with E-state index in [2.05, 4.69) is 37.5 Å². The van der Waals surface area contributed by atoms with Crippen molar-refractivity contribution in [1.29, 1.82) is 0 Å². The minimum atomic E-state index is -0.274. The first-order valence-electron chi connectivity index (χ1n) is 10.3. The van der Waals surface area contributed by atoms with Gasteiger partial charge in [-0.3, -0.25) is 4.79 Å². The predicted octanol–water partition coefficient (Wildman–Crippen LogP) is 3.24. The van der Waals surface area contributed by atoms with Gasteiger partial charge in [0.25, 0.3) is 5.56 Å². The molecule has 0 aliphatic heterocycles. The van der Waals surface area contributed by atoms with Crippen molar-refractivity contribution in [3.05, 3.63) is 53.1 Å². The molecule has 1 aliphatic carbocycles. The molecule has 1 aliphatic rings. The van der Waals surface area contributed by atoms with Crippen LogP contribution in [0.15, 0.2) is 47.5 Å². The third-order valence-electron chi connectivity index (χ3n) is 5.98. The molecule has 0 bridgehead atoms. The van der Waals surface area contributed by atoms with Crippen molar-refractivity contribution in [2.75, 3.05) is 10.6 Å². The van der Waals surface area contributed by atoms with E-state index >= 15 is 0 Å². The number of H-pyrrole nitrogens is 1. The molecule has 2 atom stereocenters. The molecule has 0 unspecified atom stereocenters. The van der Waals surface area contributed by atoms with Crippen LogP contribution in [0.2, 0.25) is 0 Å². The lowest BCUT2D eigenvalue weighted by molar-refractivity contribution is 0.403. The Bertz CT molecular complexity index is 1280. The molecule has 1 aromatic carbocycles. The lowest BCUT2D eigenvalue weighted by Gasteiger charge is -2.30. The quantitative estimate of drug-likeness (QED) is 0.416. The van der Waals surface area contributed by atoms with Crippen LogP contribution in [0.25, 0.3) is 21.7 Å². The highest BCUT2D eigenvalue weighted by Crippen LogP contribution is 2.30. The van der Waals surface area contributed by atoms with Crippen LogP contribution in [-0.2, 0) is 7.05 Å². The highest BCUT2D eigenvalue weighted by molar-refractivity contribution is 5.99. The zero-order chi connectivity index (χ0) is 20.7. The first-order chi connectivity index (χ1) is 14.6. The van der Waals surface area contributed by atoms with Gasteiger partial charge in [-0.25, -0.2) is 10.1 Å². The summed E-state index contributed by atoms with van der Waals surface area (Å²) in [4.78, 5) is 17.3. The Labute approximate surface area is 173 Å². The lowest BCUT2D eigenvalue weighted by Crippen LogP contribution is -2.42. The zero-order valence-electron chi connectivity index (χ0n) is 16.9. The second-order valence-corrected chi connectivity index (χ2v) is 8.01. The Morgan fingerprint density at radius 3 is 2.97 bits per heavy atom. The molecular formula is C22H25N7O. The number of anilines is 3. The number of hydrogen-bond acceptors (Lipinski definition) is 6. The molecule has 3 aromatic heterocycles. The molecule has 4 aromatic rings. The highest BCUT2D eigenvalue weighted by atomic mass is 16.1. The maximum atomic E-state index is 12.6. The van der Waals surface area contributed by atoms with Gasteiger partial charge in [-0.05, 0) is 37.1 Å². The van der Waals surface area contributed by atoms with E-state index in [0.717, 1.165) is 47.7 Å². The largest absolute Gasteiger partial charge is 0.366 e. The third-order valence-corrected chi connectivity index (χ3v) is 5.98. The van der Waals surface area contributed by atoms with Gasteiger partial charge in [0, 0.05) is 47.3 Å². The van der Waals surface area contributed by atoms with Crippen molar-refractivity contribution in [1.82, 2.24) is 19.7 Å². The molecule has 5 rings (SSSR count). The summed E-state index contributed by atoms with van der Waals surface area (Å²) in [7, 11) is 2.01. The van der Waals surface area contributed by atoms with Gasteiger partial charge in [-0.1, -0.05) is 18.9 Å². The van der Waals surface area contributed by atoms with Gasteiger partial charge >= 0.3 is 0 Å². The van der Waals surface area contributed by atoms with Gasteiger partial charge in [-0.15, -0.1) is 0 Å². The summed E-state index contributed by atoms with van der Waals surface area (Å²) < 4.78 is 2.06. The number of fused-ring (bicyclic) bond motifs is 2. The first-order valence-corrected chi connectivity index (χ1v) is 10.3. The average molecular weight is 403 g/mol. The van der Waals surface area contributed by atoms with E-state index in [1.165, 1.54) is 0 Å². The maximum Gasteiger partial charge on any atom is 0.275 e. The Kier molecular flexibility index (Phi) is 4.63. The maximum absolute atomic E-state index is 12.6. The van der Waals surface area contributed by atoms with E-state index in [1.807, 2.05) is 31.4 Å². The summed E-state index contributed by atoms with van der Waals surface area (Å²) in [5.41, 5.74) is 8.03. The molecule has 0 saturated heterocycles. The van der Waals surface area contributed by atoms with E-state index in [9.17, 15) is 4.79 Å². The van der Waals surface area contributed by atoms with Crippen molar-refractivity contribution in [2.45, 2.75) is 37.8 Å². The fraction of sp³-hybridized carbons (Fsp3) is 0.318.